The largest absolute Gasteiger partial charge is 0.481 e. The van der Waals surface area contributed by atoms with Gasteiger partial charge in [0.05, 0.1) is 19.1 Å². The summed E-state index contributed by atoms with van der Waals surface area (Å²) >= 11 is 1.70. The molecule has 2 saturated heterocycles. The van der Waals surface area contributed by atoms with Crippen LogP contribution in [0.5, 0.6) is 0 Å². The molecule has 2 unspecified atom stereocenters. The summed E-state index contributed by atoms with van der Waals surface area (Å²) in [6.45, 7) is 2.42. The zero-order valence-electron chi connectivity index (χ0n) is 10.1. The van der Waals surface area contributed by atoms with Crippen LogP contribution in [0.15, 0.2) is 0 Å². The van der Waals surface area contributed by atoms with Crippen molar-refractivity contribution in [2.45, 2.75) is 18.6 Å². The highest BCUT2D eigenvalue weighted by molar-refractivity contribution is 7.99. The zero-order valence-corrected chi connectivity index (χ0v) is 10.9. The molecule has 0 aliphatic carbocycles. The zero-order chi connectivity index (χ0) is 13.0. The number of aliphatic carboxylic acids is 1. The summed E-state index contributed by atoms with van der Waals surface area (Å²) in [5.41, 5.74) is 0. The van der Waals surface area contributed by atoms with Gasteiger partial charge in [-0.05, 0) is 0 Å². The van der Waals surface area contributed by atoms with Gasteiger partial charge in [0.2, 0.25) is 0 Å². The number of hydrogen-bond donors (Lipinski definition) is 2. The number of morpholine rings is 1. The van der Waals surface area contributed by atoms with Gasteiger partial charge in [-0.1, -0.05) is 0 Å². The maximum absolute atomic E-state index is 12.3. The van der Waals surface area contributed by atoms with Crippen LogP contribution in [-0.4, -0.2) is 71.8 Å². The van der Waals surface area contributed by atoms with E-state index in [1.807, 2.05) is 0 Å². The third-order valence-electron chi connectivity index (χ3n) is 3.12. The number of nitrogens with zero attached hydrogens (tertiary/aromatic N) is 1. The van der Waals surface area contributed by atoms with E-state index in [2.05, 4.69) is 5.32 Å². The summed E-state index contributed by atoms with van der Waals surface area (Å²) in [4.78, 5) is 24.8. The number of carboxylic acid groups (broad SMARTS) is 1. The molecule has 2 fully saturated rings. The van der Waals surface area contributed by atoms with Crippen LogP contribution in [-0.2, 0) is 14.3 Å². The molecule has 2 heterocycles. The molecule has 0 aromatic heterocycles. The summed E-state index contributed by atoms with van der Waals surface area (Å²) in [5.74, 6) is 0.622. The van der Waals surface area contributed by atoms with Crippen LogP contribution in [0.1, 0.15) is 6.42 Å². The molecular weight excluding hydrogens is 256 g/mol. The Labute approximate surface area is 110 Å². The molecule has 0 aromatic rings. The monoisotopic (exact) mass is 274 g/mol. The van der Waals surface area contributed by atoms with Crippen molar-refractivity contribution in [3.05, 3.63) is 0 Å². The maximum Gasteiger partial charge on any atom is 0.305 e. The molecule has 1 amide bonds. The van der Waals surface area contributed by atoms with Gasteiger partial charge in [-0.3, -0.25) is 9.59 Å². The second-order valence-corrected chi connectivity index (χ2v) is 5.57. The first-order chi connectivity index (χ1) is 8.68. The van der Waals surface area contributed by atoms with Gasteiger partial charge in [-0.15, -0.1) is 0 Å². The van der Waals surface area contributed by atoms with E-state index in [1.165, 1.54) is 0 Å². The molecule has 0 bridgehead atoms. The highest BCUT2D eigenvalue weighted by Gasteiger charge is 2.34. The summed E-state index contributed by atoms with van der Waals surface area (Å²) in [6, 6.07) is -0.209. The Bertz CT molecular complexity index is 320. The van der Waals surface area contributed by atoms with Crippen molar-refractivity contribution in [3.8, 4) is 0 Å². The maximum atomic E-state index is 12.3. The highest BCUT2D eigenvalue weighted by Crippen LogP contribution is 2.20. The summed E-state index contributed by atoms with van der Waals surface area (Å²) in [7, 11) is 0. The Balaban J connectivity index is 1.98. The Hall–Kier alpha value is -0.790. The fraction of sp³-hybridized carbons (Fsp3) is 0.818. The molecule has 2 aliphatic rings. The van der Waals surface area contributed by atoms with E-state index in [-0.39, 0.29) is 18.4 Å². The van der Waals surface area contributed by atoms with Crippen LogP contribution in [0.3, 0.4) is 0 Å². The van der Waals surface area contributed by atoms with Crippen LogP contribution in [0, 0.1) is 0 Å². The third-order valence-corrected chi connectivity index (χ3v) is 4.22. The van der Waals surface area contributed by atoms with Crippen LogP contribution >= 0.6 is 11.8 Å². The number of nitrogens with one attached hydrogen (secondary N) is 1. The lowest BCUT2D eigenvalue weighted by Crippen LogP contribution is -2.55. The van der Waals surface area contributed by atoms with Gasteiger partial charge in [-0.2, -0.15) is 11.8 Å². The molecule has 2 rings (SSSR count). The number of rotatable bonds is 3. The Morgan fingerprint density at radius 2 is 2.33 bits per heavy atom. The molecule has 7 heteroatoms. The lowest BCUT2D eigenvalue weighted by Gasteiger charge is -2.37. The van der Waals surface area contributed by atoms with E-state index < -0.39 is 12.1 Å². The normalized spacial score (nSPS) is 29.0. The molecule has 2 aliphatic heterocycles. The standard InChI is InChI=1S/C11H18N2O4S/c14-10(15)5-8-7-18-4-2-13(8)11(16)9-6-12-1-3-17-9/h8-9,12H,1-7H2,(H,14,15). The lowest BCUT2D eigenvalue weighted by molar-refractivity contribution is -0.149. The number of amides is 1. The van der Waals surface area contributed by atoms with Gasteiger partial charge in [0.1, 0.15) is 6.10 Å². The van der Waals surface area contributed by atoms with E-state index in [4.69, 9.17) is 9.84 Å². The van der Waals surface area contributed by atoms with E-state index in [0.717, 1.165) is 12.3 Å². The van der Waals surface area contributed by atoms with Gasteiger partial charge in [0.15, 0.2) is 0 Å². The number of hydrogen-bond acceptors (Lipinski definition) is 5. The Morgan fingerprint density at radius 1 is 1.50 bits per heavy atom. The first-order valence-corrected chi connectivity index (χ1v) is 7.26. The number of carbonyl (C=O) groups is 2. The van der Waals surface area contributed by atoms with Crippen molar-refractivity contribution >= 4 is 23.6 Å². The average Bonchev–Trinajstić information content (AvgIpc) is 2.39. The molecule has 0 aromatic carbocycles. The minimum absolute atomic E-state index is 0.0128. The average molecular weight is 274 g/mol. The van der Waals surface area contributed by atoms with E-state index in [1.54, 1.807) is 16.7 Å². The molecule has 2 N–H and O–H groups in total. The van der Waals surface area contributed by atoms with Crippen molar-refractivity contribution in [1.29, 1.82) is 0 Å². The molecule has 2 atom stereocenters. The topological polar surface area (TPSA) is 78.9 Å². The molecule has 6 nitrogen and oxygen atoms in total. The molecule has 0 saturated carbocycles. The van der Waals surface area contributed by atoms with Gasteiger partial charge in [0.25, 0.3) is 5.91 Å². The van der Waals surface area contributed by atoms with Crippen LogP contribution in [0.25, 0.3) is 0 Å². The first kappa shape index (κ1) is 13.6. The van der Waals surface area contributed by atoms with Crippen molar-refractivity contribution < 1.29 is 19.4 Å². The second-order valence-electron chi connectivity index (χ2n) is 4.42. The number of carbonyl (C=O) groups excluding carboxylic acids is 1. The van der Waals surface area contributed by atoms with Crippen molar-refractivity contribution in [3.63, 3.8) is 0 Å². The minimum atomic E-state index is -0.858. The van der Waals surface area contributed by atoms with Gasteiger partial charge < -0.3 is 20.1 Å². The summed E-state index contributed by atoms with van der Waals surface area (Å²) < 4.78 is 5.44. The molecule has 0 spiro atoms. The second kappa shape index (κ2) is 6.40. The fourth-order valence-corrected chi connectivity index (χ4v) is 3.29. The SMILES string of the molecule is O=C(O)CC1CSCCN1C(=O)C1CNCCO1. The minimum Gasteiger partial charge on any atom is -0.481 e. The Kier molecular flexibility index (Phi) is 4.85. The van der Waals surface area contributed by atoms with E-state index in [9.17, 15) is 9.59 Å². The predicted molar refractivity (Wildman–Crippen MR) is 67.7 cm³/mol. The smallest absolute Gasteiger partial charge is 0.305 e. The lowest BCUT2D eigenvalue weighted by atomic mass is 10.1. The van der Waals surface area contributed by atoms with Gasteiger partial charge >= 0.3 is 5.97 Å². The first-order valence-electron chi connectivity index (χ1n) is 6.11. The Morgan fingerprint density at radius 3 is 3.00 bits per heavy atom. The van der Waals surface area contributed by atoms with Gasteiger partial charge in [0, 0.05) is 31.1 Å². The molecule has 102 valence electrons. The summed E-state index contributed by atoms with van der Waals surface area (Å²) in [6.07, 6.45) is -0.447. The quantitative estimate of drug-likeness (QED) is 0.715. The highest BCUT2D eigenvalue weighted by atomic mass is 32.2. The van der Waals surface area contributed by atoms with E-state index >= 15 is 0 Å². The van der Waals surface area contributed by atoms with Crippen molar-refractivity contribution in [2.24, 2.45) is 0 Å². The van der Waals surface area contributed by atoms with Crippen molar-refractivity contribution in [2.75, 3.05) is 37.7 Å². The van der Waals surface area contributed by atoms with E-state index in [0.29, 0.717) is 25.4 Å². The predicted octanol–water partition coefficient (Wildman–Crippen LogP) is -0.606. The molecule has 0 radical (unpaired) electrons. The molecule has 18 heavy (non-hydrogen) atoms. The number of carboxylic acids is 1. The van der Waals surface area contributed by atoms with Crippen LogP contribution < -0.4 is 5.32 Å². The number of thioether (sulfide) groups is 1. The van der Waals surface area contributed by atoms with Gasteiger partial charge in [-0.25, -0.2) is 0 Å². The molecular formula is C11H18N2O4S. The fourth-order valence-electron chi connectivity index (χ4n) is 2.22. The van der Waals surface area contributed by atoms with Crippen molar-refractivity contribution in [1.82, 2.24) is 10.2 Å². The van der Waals surface area contributed by atoms with Crippen LogP contribution in [0.2, 0.25) is 0 Å². The third kappa shape index (κ3) is 3.37. The summed E-state index contributed by atoms with van der Waals surface area (Å²) in [5, 5.41) is 12.0. The number of ether oxygens (including phenoxy) is 1. The van der Waals surface area contributed by atoms with Crippen LogP contribution in [0.4, 0.5) is 0 Å².